The van der Waals surface area contributed by atoms with Crippen LogP contribution in [0, 0.1) is 5.82 Å². The molecular weight excluding hydrogens is 409 g/mol. The summed E-state index contributed by atoms with van der Waals surface area (Å²) in [6.45, 7) is 3.65. The minimum absolute atomic E-state index is 0.112. The van der Waals surface area contributed by atoms with Crippen molar-refractivity contribution in [1.82, 2.24) is 9.55 Å². The van der Waals surface area contributed by atoms with E-state index in [2.05, 4.69) is 32.8 Å². The first-order chi connectivity index (χ1) is 11.9. The quantitative estimate of drug-likeness (QED) is 0.464. The molecule has 8 heteroatoms. The maximum Gasteiger partial charge on any atom is 0.279 e. The van der Waals surface area contributed by atoms with Crippen molar-refractivity contribution < 1.29 is 9.18 Å². The fraction of sp³-hybridized carbons (Fsp3) is 0.235. The molecule has 0 saturated heterocycles. The molecule has 1 N–H and O–H groups in total. The summed E-state index contributed by atoms with van der Waals surface area (Å²) in [6.07, 6.45) is 1.83. The highest BCUT2D eigenvalue weighted by atomic mass is 79.9. The molecular formula is C17H15BrFN3O2S. The monoisotopic (exact) mass is 423 g/mol. The Bertz CT molecular complexity index is 929. The second-order valence-corrected chi connectivity index (χ2v) is 7.44. The van der Waals surface area contributed by atoms with Gasteiger partial charge in [-0.3, -0.25) is 9.59 Å². The van der Waals surface area contributed by atoms with Crippen LogP contribution in [-0.2, 0) is 11.8 Å². The minimum atomic E-state index is -0.467. The minimum Gasteiger partial charge on any atom is -0.312 e. The van der Waals surface area contributed by atoms with Crippen LogP contribution in [0.5, 0.6) is 0 Å². The molecule has 1 amide bonds. The van der Waals surface area contributed by atoms with Gasteiger partial charge in [0.15, 0.2) is 5.16 Å². The van der Waals surface area contributed by atoms with Crippen LogP contribution in [0.3, 0.4) is 0 Å². The van der Waals surface area contributed by atoms with Crippen molar-refractivity contribution >= 4 is 39.4 Å². The van der Waals surface area contributed by atoms with E-state index in [9.17, 15) is 14.0 Å². The predicted octanol–water partition coefficient (Wildman–Crippen LogP) is 3.43. The SMILES string of the molecule is C=CCSc1nc(=O)c2c(n1C)NC(=O)C[C@@H]2c1ccc(F)c(Br)c1. The molecule has 3 rings (SSSR count). The number of thioether (sulfide) groups is 1. The third kappa shape index (κ3) is 3.41. The lowest BCUT2D eigenvalue weighted by Crippen LogP contribution is -2.33. The maximum atomic E-state index is 13.5. The van der Waals surface area contributed by atoms with Crippen LogP contribution in [0.1, 0.15) is 23.5 Å². The van der Waals surface area contributed by atoms with Crippen molar-refractivity contribution in [2.75, 3.05) is 11.1 Å². The lowest BCUT2D eigenvalue weighted by atomic mass is 9.87. The molecule has 0 radical (unpaired) electrons. The van der Waals surface area contributed by atoms with Gasteiger partial charge in [-0.1, -0.05) is 23.9 Å². The van der Waals surface area contributed by atoms with Crippen LogP contribution in [-0.4, -0.2) is 21.2 Å². The number of hydrogen-bond acceptors (Lipinski definition) is 4. The van der Waals surface area contributed by atoms with E-state index in [0.717, 1.165) is 0 Å². The van der Waals surface area contributed by atoms with E-state index in [4.69, 9.17) is 0 Å². The molecule has 0 fully saturated rings. The zero-order valence-corrected chi connectivity index (χ0v) is 15.8. The molecule has 5 nitrogen and oxygen atoms in total. The van der Waals surface area contributed by atoms with Crippen LogP contribution in [0.2, 0.25) is 0 Å². The van der Waals surface area contributed by atoms with Gasteiger partial charge in [0.1, 0.15) is 11.6 Å². The number of rotatable bonds is 4. The number of hydrogen-bond donors (Lipinski definition) is 1. The number of nitrogens with one attached hydrogen (secondary N) is 1. The number of carbonyl (C=O) groups excluding carboxylic acids is 1. The summed E-state index contributed by atoms with van der Waals surface area (Å²) in [6, 6.07) is 4.51. The first-order valence-corrected chi connectivity index (χ1v) is 9.29. The Kier molecular flexibility index (Phi) is 5.10. The first kappa shape index (κ1) is 17.9. The van der Waals surface area contributed by atoms with Gasteiger partial charge in [-0.05, 0) is 33.6 Å². The van der Waals surface area contributed by atoms with Crippen LogP contribution in [0.15, 0.2) is 45.3 Å². The van der Waals surface area contributed by atoms with Gasteiger partial charge in [-0.2, -0.15) is 4.98 Å². The fourth-order valence-corrected chi connectivity index (χ4v) is 3.91. The van der Waals surface area contributed by atoms with E-state index in [-0.39, 0.29) is 17.9 Å². The van der Waals surface area contributed by atoms with E-state index in [1.165, 1.54) is 17.8 Å². The van der Waals surface area contributed by atoms with Crippen molar-refractivity contribution in [3.05, 3.63) is 62.6 Å². The molecule has 1 aromatic heterocycles. The molecule has 2 aromatic rings. The summed E-state index contributed by atoms with van der Waals surface area (Å²) < 4.78 is 15.5. The van der Waals surface area contributed by atoms with Crippen molar-refractivity contribution in [3.63, 3.8) is 0 Å². The van der Waals surface area contributed by atoms with Crippen molar-refractivity contribution in [3.8, 4) is 0 Å². The van der Waals surface area contributed by atoms with Crippen molar-refractivity contribution in [2.24, 2.45) is 7.05 Å². The Morgan fingerprint density at radius 3 is 2.96 bits per heavy atom. The van der Waals surface area contributed by atoms with E-state index in [1.807, 2.05) is 0 Å². The number of amides is 1. The van der Waals surface area contributed by atoms with Crippen LogP contribution in [0.4, 0.5) is 10.2 Å². The molecule has 1 aliphatic heterocycles. The molecule has 130 valence electrons. The second-order valence-electron chi connectivity index (χ2n) is 5.60. The van der Waals surface area contributed by atoms with Gasteiger partial charge < -0.3 is 9.88 Å². The Morgan fingerprint density at radius 1 is 1.52 bits per heavy atom. The molecule has 1 atom stereocenters. The summed E-state index contributed by atoms with van der Waals surface area (Å²) in [4.78, 5) is 29.0. The largest absolute Gasteiger partial charge is 0.312 e. The van der Waals surface area contributed by atoms with Gasteiger partial charge >= 0.3 is 0 Å². The van der Waals surface area contributed by atoms with Crippen LogP contribution >= 0.6 is 27.7 Å². The van der Waals surface area contributed by atoms with Gasteiger partial charge in [-0.15, -0.1) is 6.58 Å². The number of carbonyl (C=O) groups is 1. The second kappa shape index (κ2) is 7.13. The number of benzene rings is 1. The summed E-state index contributed by atoms with van der Waals surface area (Å²) in [7, 11) is 1.75. The lowest BCUT2D eigenvalue weighted by Gasteiger charge is -2.27. The molecule has 1 aromatic carbocycles. The topological polar surface area (TPSA) is 64.0 Å². The third-order valence-corrected chi connectivity index (χ3v) is 5.61. The number of halogens is 2. The summed E-state index contributed by atoms with van der Waals surface area (Å²) in [5.41, 5.74) is 0.725. The third-order valence-electron chi connectivity index (χ3n) is 3.98. The molecule has 0 unspecified atom stereocenters. The molecule has 0 aliphatic carbocycles. The van der Waals surface area contributed by atoms with Crippen LogP contribution in [0.25, 0.3) is 0 Å². The number of anilines is 1. The van der Waals surface area contributed by atoms with Crippen molar-refractivity contribution in [2.45, 2.75) is 17.5 Å². The van der Waals surface area contributed by atoms with E-state index in [0.29, 0.717) is 32.3 Å². The summed E-state index contributed by atoms with van der Waals surface area (Å²) in [5, 5.41) is 3.28. The average Bonchev–Trinajstić information content (AvgIpc) is 2.58. The van der Waals surface area contributed by atoms with Crippen molar-refractivity contribution in [1.29, 1.82) is 0 Å². The molecule has 0 saturated carbocycles. The summed E-state index contributed by atoms with van der Waals surface area (Å²) >= 11 is 4.52. The first-order valence-electron chi connectivity index (χ1n) is 7.51. The smallest absolute Gasteiger partial charge is 0.279 e. The van der Waals surface area contributed by atoms with Gasteiger partial charge in [0, 0.05) is 25.1 Å². The number of nitrogens with zero attached hydrogens (tertiary/aromatic N) is 2. The number of fused-ring (bicyclic) bond motifs is 1. The maximum absolute atomic E-state index is 13.5. The Hall–Kier alpha value is -1.93. The highest BCUT2D eigenvalue weighted by Crippen LogP contribution is 2.36. The zero-order chi connectivity index (χ0) is 18.1. The van der Waals surface area contributed by atoms with Gasteiger partial charge in [0.2, 0.25) is 5.91 Å². The van der Waals surface area contributed by atoms with E-state index >= 15 is 0 Å². The summed E-state index contributed by atoms with van der Waals surface area (Å²) in [5.74, 6) is -0.0229. The molecule has 0 spiro atoms. The Labute approximate surface area is 156 Å². The van der Waals surface area contributed by atoms with Gasteiger partial charge in [0.25, 0.3) is 5.56 Å². The van der Waals surface area contributed by atoms with Gasteiger partial charge in [-0.25, -0.2) is 4.39 Å². The van der Waals surface area contributed by atoms with Gasteiger partial charge in [0.05, 0.1) is 10.0 Å². The standard InChI is InChI=1S/C17H15BrFN3O2S/c1-3-6-25-17-21-16(24)14-10(8-13(23)20-15(14)22(17)2)9-4-5-12(19)11(18)7-9/h3-5,7,10H,1,6,8H2,2H3,(H,20,23)/t10-/m1/s1. The Balaban J connectivity index is 2.16. The molecule has 0 bridgehead atoms. The lowest BCUT2D eigenvalue weighted by molar-refractivity contribution is -0.116. The molecule has 2 heterocycles. The molecule has 1 aliphatic rings. The van der Waals surface area contributed by atoms with Crippen LogP contribution < -0.4 is 10.9 Å². The average molecular weight is 424 g/mol. The van der Waals surface area contributed by atoms with E-state index in [1.54, 1.807) is 29.8 Å². The zero-order valence-electron chi connectivity index (χ0n) is 13.4. The number of aromatic nitrogens is 2. The highest BCUT2D eigenvalue weighted by molar-refractivity contribution is 9.10. The normalized spacial score (nSPS) is 16.3. The highest BCUT2D eigenvalue weighted by Gasteiger charge is 2.32. The molecule has 25 heavy (non-hydrogen) atoms. The predicted molar refractivity (Wildman–Crippen MR) is 99.6 cm³/mol. The Morgan fingerprint density at radius 2 is 2.28 bits per heavy atom. The van der Waals surface area contributed by atoms with E-state index < -0.39 is 11.7 Å². The fourth-order valence-electron chi connectivity index (χ4n) is 2.81.